The molecule has 0 aliphatic carbocycles. The third-order valence-corrected chi connectivity index (χ3v) is 4.49. The van der Waals surface area contributed by atoms with Gasteiger partial charge in [-0.15, -0.1) is 0 Å². The Kier molecular flexibility index (Phi) is 7.63. The molecule has 0 bridgehead atoms. The Morgan fingerprint density at radius 3 is 1.76 bits per heavy atom. The van der Waals surface area contributed by atoms with Crippen molar-refractivity contribution < 1.29 is 9.53 Å². The lowest BCUT2D eigenvalue weighted by atomic mass is 9.86. The molecule has 1 aromatic rings. The first-order valence-corrected chi connectivity index (χ1v) is 9.07. The molecule has 0 spiro atoms. The molecule has 0 atom stereocenters. The van der Waals surface area contributed by atoms with Crippen LogP contribution in [0.3, 0.4) is 0 Å². The van der Waals surface area contributed by atoms with Gasteiger partial charge in [-0.05, 0) is 52.1 Å². The first-order chi connectivity index (χ1) is 11.4. The van der Waals surface area contributed by atoms with Gasteiger partial charge in [-0.25, -0.2) is 0 Å². The van der Waals surface area contributed by atoms with E-state index in [-0.39, 0.29) is 11.2 Å². The van der Waals surface area contributed by atoms with Crippen LogP contribution < -0.4 is 4.74 Å². The number of Topliss-reactive ketones (excluding diaryl/α,β-unsaturated/α-hetero) is 1. The first kappa shape index (κ1) is 21.7. The van der Waals surface area contributed by atoms with Gasteiger partial charge in [0.25, 0.3) is 0 Å². The third-order valence-electron chi connectivity index (χ3n) is 4.49. The van der Waals surface area contributed by atoms with Crippen LogP contribution in [0.5, 0.6) is 5.75 Å². The molecule has 1 aromatic carbocycles. The van der Waals surface area contributed by atoms with Crippen LogP contribution in [0, 0.1) is 5.41 Å². The van der Waals surface area contributed by atoms with Crippen LogP contribution in [0.15, 0.2) is 24.3 Å². The lowest BCUT2D eigenvalue weighted by Crippen LogP contribution is -2.52. The van der Waals surface area contributed by atoms with E-state index in [1.807, 2.05) is 20.8 Å². The number of benzene rings is 1. The first-order valence-electron chi connectivity index (χ1n) is 9.07. The Morgan fingerprint density at radius 2 is 1.40 bits per heavy atom. The van der Waals surface area contributed by atoms with Crippen LogP contribution in [-0.4, -0.2) is 61.5 Å². The predicted molar refractivity (Wildman–Crippen MR) is 106 cm³/mol. The summed E-state index contributed by atoms with van der Waals surface area (Å²) in [5, 5.41) is 0. The summed E-state index contributed by atoms with van der Waals surface area (Å²) in [5.74, 6) is 0.926. The largest absolute Gasteiger partial charge is 0.497 e. The minimum absolute atomic E-state index is 0.153. The minimum atomic E-state index is -0.325. The molecule has 0 radical (unpaired) electrons. The summed E-state index contributed by atoms with van der Waals surface area (Å²) in [7, 11) is 3.81. The van der Waals surface area contributed by atoms with Crippen molar-refractivity contribution in [3.05, 3.63) is 29.8 Å². The fraction of sp³-hybridized carbons (Fsp3) is 0.667. The SMILES string of the molecule is CN1CCN(C(C)(C)C)CC1.COc1ccc(C(=O)C(C)(C)C)cc1. The average molecular weight is 349 g/mol. The molecular formula is C21H36N2O2. The van der Waals surface area contributed by atoms with Gasteiger partial charge in [0.05, 0.1) is 7.11 Å². The topological polar surface area (TPSA) is 32.8 Å². The molecule has 1 aliphatic rings. The van der Waals surface area contributed by atoms with Crippen LogP contribution in [0.4, 0.5) is 0 Å². The van der Waals surface area contributed by atoms with E-state index < -0.39 is 0 Å². The van der Waals surface area contributed by atoms with Gasteiger partial charge in [0.2, 0.25) is 0 Å². The van der Waals surface area contributed by atoms with E-state index in [1.54, 1.807) is 31.4 Å². The highest BCUT2D eigenvalue weighted by Crippen LogP contribution is 2.22. The van der Waals surface area contributed by atoms with E-state index >= 15 is 0 Å². The summed E-state index contributed by atoms with van der Waals surface area (Å²) in [5.41, 5.74) is 0.772. The molecule has 0 unspecified atom stereocenters. The summed E-state index contributed by atoms with van der Waals surface area (Å²) in [4.78, 5) is 16.8. The van der Waals surface area contributed by atoms with Crippen molar-refractivity contribution in [2.45, 2.75) is 47.1 Å². The van der Waals surface area contributed by atoms with Gasteiger partial charge in [-0.3, -0.25) is 9.69 Å². The standard InChI is InChI=1S/C12H16O2.C9H20N2/c1-12(2,3)11(13)9-5-7-10(14-4)8-6-9;1-9(2,3)11-7-5-10(4)6-8-11/h5-8H,1-4H3;5-8H2,1-4H3. The molecule has 1 aliphatic heterocycles. The molecule has 0 N–H and O–H groups in total. The molecule has 1 saturated heterocycles. The molecule has 1 fully saturated rings. The third kappa shape index (κ3) is 7.17. The second kappa shape index (κ2) is 8.81. The second-order valence-corrected chi connectivity index (χ2v) is 8.77. The summed E-state index contributed by atoms with van der Waals surface area (Å²) in [6.07, 6.45) is 0. The summed E-state index contributed by atoms with van der Waals surface area (Å²) >= 11 is 0. The monoisotopic (exact) mass is 348 g/mol. The number of likely N-dealkylation sites (N-methyl/N-ethyl adjacent to an activating group) is 1. The van der Waals surface area contributed by atoms with E-state index in [9.17, 15) is 4.79 Å². The number of hydrogen-bond donors (Lipinski definition) is 0. The number of piperazine rings is 1. The van der Waals surface area contributed by atoms with Gasteiger partial charge in [0.1, 0.15) is 5.75 Å². The normalized spacial score (nSPS) is 16.8. The number of rotatable bonds is 2. The molecule has 25 heavy (non-hydrogen) atoms. The Balaban J connectivity index is 0.000000257. The molecule has 142 valence electrons. The van der Waals surface area contributed by atoms with Crippen LogP contribution in [-0.2, 0) is 0 Å². The van der Waals surface area contributed by atoms with Crippen molar-refractivity contribution in [1.29, 1.82) is 0 Å². The number of carbonyl (C=O) groups excluding carboxylic acids is 1. The van der Waals surface area contributed by atoms with Gasteiger partial charge in [-0.2, -0.15) is 0 Å². The number of hydrogen-bond acceptors (Lipinski definition) is 4. The summed E-state index contributed by atoms with van der Waals surface area (Å²) in [6, 6.07) is 7.21. The maximum Gasteiger partial charge on any atom is 0.168 e. The van der Waals surface area contributed by atoms with Crippen LogP contribution >= 0.6 is 0 Å². The van der Waals surface area contributed by atoms with Crippen molar-refractivity contribution in [2.75, 3.05) is 40.3 Å². The summed E-state index contributed by atoms with van der Waals surface area (Å²) in [6.45, 7) is 17.5. The number of nitrogens with zero attached hydrogens (tertiary/aromatic N) is 2. The quantitative estimate of drug-likeness (QED) is 0.758. The number of ketones is 1. The van der Waals surface area contributed by atoms with Crippen molar-refractivity contribution in [3.63, 3.8) is 0 Å². The van der Waals surface area contributed by atoms with Crippen molar-refractivity contribution in [3.8, 4) is 5.75 Å². The fourth-order valence-electron chi connectivity index (χ4n) is 2.65. The lowest BCUT2D eigenvalue weighted by molar-refractivity contribution is 0.0735. The number of methoxy groups -OCH3 is 1. The lowest BCUT2D eigenvalue weighted by Gasteiger charge is -2.41. The highest BCUT2D eigenvalue weighted by atomic mass is 16.5. The molecule has 0 aromatic heterocycles. The van der Waals surface area contributed by atoms with Gasteiger partial charge >= 0.3 is 0 Å². The van der Waals surface area contributed by atoms with Crippen LogP contribution in [0.25, 0.3) is 0 Å². The number of carbonyl (C=O) groups is 1. The molecule has 4 nitrogen and oxygen atoms in total. The van der Waals surface area contributed by atoms with Gasteiger partial charge in [0.15, 0.2) is 5.78 Å². The predicted octanol–water partition coefficient (Wildman–Crippen LogP) is 3.96. The zero-order valence-electron chi connectivity index (χ0n) is 17.3. The zero-order valence-corrected chi connectivity index (χ0v) is 17.3. The fourth-order valence-corrected chi connectivity index (χ4v) is 2.65. The van der Waals surface area contributed by atoms with Gasteiger partial charge in [-0.1, -0.05) is 20.8 Å². The number of ether oxygens (including phenoxy) is 1. The van der Waals surface area contributed by atoms with Crippen molar-refractivity contribution >= 4 is 5.78 Å². The Labute approximate surface area is 154 Å². The maximum absolute atomic E-state index is 11.8. The smallest absolute Gasteiger partial charge is 0.168 e. The molecular weight excluding hydrogens is 312 g/mol. The van der Waals surface area contributed by atoms with Crippen LogP contribution in [0.2, 0.25) is 0 Å². The molecule has 0 saturated carbocycles. The van der Waals surface area contributed by atoms with E-state index in [1.165, 1.54) is 26.2 Å². The van der Waals surface area contributed by atoms with Crippen molar-refractivity contribution in [2.24, 2.45) is 5.41 Å². The zero-order chi connectivity index (χ0) is 19.3. The van der Waals surface area contributed by atoms with E-state index in [0.717, 1.165) is 11.3 Å². The molecule has 0 amide bonds. The minimum Gasteiger partial charge on any atom is -0.497 e. The summed E-state index contributed by atoms with van der Waals surface area (Å²) < 4.78 is 5.02. The molecule has 4 heteroatoms. The second-order valence-electron chi connectivity index (χ2n) is 8.77. The maximum atomic E-state index is 11.8. The Hall–Kier alpha value is -1.39. The highest BCUT2D eigenvalue weighted by Gasteiger charge is 2.24. The van der Waals surface area contributed by atoms with Gasteiger partial charge < -0.3 is 9.64 Å². The van der Waals surface area contributed by atoms with E-state index in [4.69, 9.17) is 4.74 Å². The highest BCUT2D eigenvalue weighted by molar-refractivity contribution is 5.99. The van der Waals surface area contributed by atoms with Crippen molar-refractivity contribution in [1.82, 2.24) is 9.80 Å². The van der Waals surface area contributed by atoms with Gasteiger partial charge in [0, 0.05) is 42.7 Å². The van der Waals surface area contributed by atoms with E-state index in [0.29, 0.717) is 5.54 Å². The molecule has 2 rings (SSSR count). The van der Waals surface area contributed by atoms with Crippen LogP contribution in [0.1, 0.15) is 51.9 Å². The Morgan fingerprint density at radius 1 is 0.920 bits per heavy atom. The average Bonchev–Trinajstić information content (AvgIpc) is 2.53. The van der Waals surface area contributed by atoms with E-state index in [2.05, 4.69) is 37.6 Å². The molecule has 1 heterocycles. The Bertz CT molecular complexity index is 530.